The summed E-state index contributed by atoms with van der Waals surface area (Å²) in [6.45, 7) is 0. The highest BCUT2D eigenvalue weighted by Gasteiger charge is 2.25. The topological polar surface area (TPSA) is 74.2 Å². The zero-order chi connectivity index (χ0) is 13.4. The molecule has 1 aliphatic heterocycles. The highest BCUT2D eigenvalue weighted by atomic mass is 35.5. The number of nitrogens with one attached hydrogen (secondary N) is 2. The summed E-state index contributed by atoms with van der Waals surface area (Å²) in [6.07, 6.45) is 1.19. The van der Waals surface area contributed by atoms with Crippen LogP contribution < -0.4 is 10.6 Å². The maximum atomic E-state index is 11.9. The van der Waals surface area contributed by atoms with E-state index in [1.807, 2.05) is 0 Å². The van der Waals surface area contributed by atoms with Crippen molar-refractivity contribution < 1.29 is 9.90 Å². The van der Waals surface area contributed by atoms with E-state index < -0.39 is 6.17 Å². The van der Waals surface area contributed by atoms with Crippen molar-refractivity contribution in [1.82, 2.24) is 10.3 Å². The number of halogens is 1. The molecule has 1 unspecified atom stereocenters. The Morgan fingerprint density at radius 1 is 1.26 bits per heavy atom. The molecule has 3 rings (SSSR count). The van der Waals surface area contributed by atoms with E-state index in [1.165, 1.54) is 6.07 Å². The molecule has 1 aliphatic rings. The van der Waals surface area contributed by atoms with Gasteiger partial charge in [-0.3, -0.25) is 4.79 Å². The highest BCUT2D eigenvalue weighted by molar-refractivity contribution is 6.32. The number of rotatable bonds is 1. The molecular formula is C13H10ClN3O2. The SMILES string of the molecule is O=C1NC(c2ccc(O)c(Cl)c2)Nc2ncccc21. The van der Waals surface area contributed by atoms with Gasteiger partial charge >= 0.3 is 0 Å². The predicted octanol–water partition coefficient (Wildman–Crippen LogP) is 2.29. The molecule has 0 saturated carbocycles. The number of benzene rings is 1. The lowest BCUT2D eigenvalue weighted by Gasteiger charge is -2.27. The number of amides is 1. The molecule has 6 heteroatoms. The van der Waals surface area contributed by atoms with E-state index in [2.05, 4.69) is 15.6 Å². The minimum absolute atomic E-state index is 0.00563. The Bertz CT molecular complexity index is 660. The van der Waals surface area contributed by atoms with Gasteiger partial charge in [0, 0.05) is 6.20 Å². The molecule has 0 bridgehead atoms. The summed E-state index contributed by atoms with van der Waals surface area (Å²) < 4.78 is 0. The zero-order valence-corrected chi connectivity index (χ0v) is 10.5. The number of hydrogen-bond donors (Lipinski definition) is 3. The number of hydrogen-bond acceptors (Lipinski definition) is 4. The van der Waals surface area contributed by atoms with Crippen molar-refractivity contribution in [2.75, 3.05) is 5.32 Å². The fourth-order valence-corrected chi connectivity index (χ4v) is 2.14. The van der Waals surface area contributed by atoms with Crippen LogP contribution in [-0.4, -0.2) is 16.0 Å². The van der Waals surface area contributed by atoms with Crippen molar-refractivity contribution >= 4 is 23.3 Å². The minimum Gasteiger partial charge on any atom is -0.506 e. The second-order valence-corrected chi connectivity index (χ2v) is 4.57. The fraction of sp³-hybridized carbons (Fsp3) is 0.0769. The van der Waals surface area contributed by atoms with E-state index in [1.54, 1.807) is 30.5 Å². The molecule has 0 fully saturated rings. The van der Waals surface area contributed by atoms with Crippen LogP contribution in [0.4, 0.5) is 5.82 Å². The van der Waals surface area contributed by atoms with Gasteiger partial charge in [0.2, 0.25) is 0 Å². The Morgan fingerprint density at radius 3 is 2.89 bits per heavy atom. The van der Waals surface area contributed by atoms with Gasteiger partial charge in [-0.2, -0.15) is 0 Å². The summed E-state index contributed by atoms with van der Waals surface area (Å²) in [6, 6.07) is 8.18. The van der Waals surface area contributed by atoms with Gasteiger partial charge in [0.15, 0.2) is 0 Å². The molecule has 96 valence electrons. The van der Waals surface area contributed by atoms with Gasteiger partial charge in [0.1, 0.15) is 17.7 Å². The fourth-order valence-electron chi connectivity index (χ4n) is 1.95. The number of fused-ring (bicyclic) bond motifs is 1. The quantitative estimate of drug-likeness (QED) is 0.746. The number of anilines is 1. The first-order valence-electron chi connectivity index (χ1n) is 5.66. The summed E-state index contributed by atoms with van der Waals surface area (Å²) in [5.74, 6) is 0.336. The molecule has 1 aromatic carbocycles. The average molecular weight is 276 g/mol. The monoisotopic (exact) mass is 275 g/mol. The van der Waals surface area contributed by atoms with E-state index >= 15 is 0 Å². The van der Waals surface area contributed by atoms with Crippen LogP contribution in [0.1, 0.15) is 22.1 Å². The van der Waals surface area contributed by atoms with Crippen molar-refractivity contribution in [3.8, 4) is 5.75 Å². The maximum Gasteiger partial charge on any atom is 0.256 e. The number of nitrogens with zero attached hydrogens (tertiary/aromatic N) is 1. The smallest absolute Gasteiger partial charge is 0.256 e. The normalized spacial score (nSPS) is 17.3. The van der Waals surface area contributed by atoms with E-state index in [4.69, 9.17) is 11.6 Å². The van der Waals surface area contributed by atoms with E-state index in [-0.39, 0.29) is 16.7 Å². The molecule has 0 aliphatic carbocycles. The lowest BCUT2D eigenvalue weighted by atomic mass is 10.1. The number of aromatic nitrogens is 1. The van der Waals surface area contributed by atoms with Gasteiger partial charge in [-0.1, -0.05) is 17.7 Å². The number of pyridine rings is 1. The lowest BCUT2D eigenvalue weighted by Crippen LogP contribution is -2.38. The molecular weight excluding hydrogens is 266 g/mol. The minimum atomic E-state index is -0.423. The molecule has 1 amide bonds. The first-order valence-corrected chi connectivity index (χ1v) is 6.04. The first kappa shape index (κ1) is 11.8. The lowest BCUT2D eigenvalue weighted by molar-refractivity contribution is 0.0935. The number of phenolic OH excluding ortho intramolecular Hbond substituents is 1. The third kappa shape index (κ3) is 2.08. The Morgan fingerprint density at radius 2 is 2.11 bits per heavy atom. The molecule has 2 aromatic rings. The molecule has 0 saturated heterocycles. The second-order valence-electron chi connectivity index (χ2n) is 4.16. The number of aromatic hydroxyl groups is 1. The zero-order valence-electron chi connectivity index (χ0n) is 9.72. The maximum absolute atomic E-state index is 11.9. The summed E-state index contributed by atoms with van der Waals surface area (Å²) in [7, 11) is 0. The van der Waals surface area contributed by atoms with Crippen LogP contribution in [0.5, 0.6) is 5.75 Å². The van der Waals surface area contributed by atoms with E-state index in [0.29, 0.717) is 11.4 Å². The Hall–Kier alpha value is -2.27. The summed E-state index contributed by atoms with van der Waals surface area (Å²) in [5.41, 5.74) is 1.25. The summed E-state index contributed by atoms with van der Waals surface area (Å²) >= 11 is 5.86. The third-order valence-electron chi connectivity index (χ3n) is 2.91. The van der Waals surface area contributed by atoms with Gasteiger partial charge in [0.05, 0.1) is 10.6 Å². The van der Waals surface area contributed by atoms with E-state index in [9.17, 15) is 9.90 Å². The predicted molar refractivity (Wildman–Crippen MR) is 71.2 cm³/mol. The van der Waals surface area contributed by atoms with Gasteiger partial charge < -0.3 is 15.7 Å². The largest absolute Gasteiger partial charge is 0.506 e. The molecule has 0 spiro atoms. The van der Waals surface area contributed by atoms with Crippen molar-refractivity contribution in [3.05, 3.63) is 52.7 Å². The number of carbonyl (C=O) groups is 1. The van der Waals surface area contributed by atoms with E-state index in [0.717, 1.165) is 5.56 Å². The second kappa shape index (κ2) is 4.44. The van der Waals surface area contributed by atoms with Crippen LogP contribution in [0, 0.1) is 0 Å². The molecule has 5 nitrogen and oxygen atoms in total. The Kier molecular flexibility index (Phi) is 2.76. The third-order valence-corrected chi connectivity index (χ3v) is 3.22. The van der Waals surface area contributed by atoms with Crippen LogP contribution in [0.25, 0.3) is 0 Å². The number of phenols is 1. The van der Waals surface area contributed by atoms with Crippen LogP contribution >= 0.6 is 11.6 Å². The number of carbonyl (C=O) groups excluding carboxylic acids is 1. The Labute approximate surface area is 114 Å². The molecule has 0 radical (unpaired) electrons. The van der Waals surface area contributed by atoms with Gasteiger partial charge in [-0.25, -0.2) is 4.98 Å². The highest BCUT2D eigenvalue weighted by Crippen LogP contribution is 2.29. The van der Waals surface area contributed by atoms with Gasteiger partial charge in [-0.15, -0.1) is 0 Å². The van der Waals surface area contributed by atoms with Crippen molar-refractivity contribution in [1.29, 1.82) is 0 Å². The first-order chi connectivity index (χ1) is 9.15. The Balaban J connectivity index is 1.96. The molecule has 2 heterocycles. The molecule has 19 heavy (non-hydrogen) atoms. The average Bonchev–Trinajstić information content (AvgIpc) is 2.42. The van der Waals surface area contributed by atoms with Crippen molar-refractivity contribution in [2.45, 2.75) is 6.17 Å². The van der Waals surface area contributed by atoms with Crippen molar-refractivity contribution in [3.63, 3.8) is 0 Å². The van der Waals surface area contributed by atoms with Crippen LogP contribution in [0.15, 0.2) is 36.5 Å². The van der Waals surface area contributed by atoms with Gasteiger partial charge in [0.25, 0.3) is 5.91 Å². The summed E-state index contributed by atoms with van der Waals surface area (Å²) in [4.78, 5) is 16.1. The molecule has 3 N–H and O–H groups in total. The van der Waals surface area contributed by atoms with Crippen molar-refractivity contribution in [2.24, 2.45) is 0 Å². The van der Waals surface area contributed by atoms with Gasteiger partial charge in [-0.05, 0) is 29.8 Å². The van der Waals surface area contributed by atoms with Crippen LogP contribution in [0.3, 0.4) is 0 Å². The molecule has 1 atom stereocenters. The standard InChI is InChI=1S/C13H10ClN3O2/c14-9-6-7(3-4-10(9)18)11-16-12-8(13(19)17-11)2-1-5-15-12/h1-6,11,18H,(H,15,16)(H,17,19). The molecule has 1 aromatic heterocycles. The van der Waals surface area contributed by atoms with Crippen LogP contribution in [0.2, 0.25) is 5.02 Å². The van der Waals surface area contributed by atoms with Crippen LogP contribution in [-0.2, 0) is 0 Å². The summed E-state index contributed by atoms with van der Waals surface area (Å²) in [5, 5.41) is 15.5.